The zero-order valence-corrected chi connectivity index (χ0v) is 13.1. The second-order valence-electron chi connectivity index (χ2n) is 4.47. The van der Waals surface area contributed by atoms with Crippen LogP contribution < -0.4 is 10.4 Å². The van der Waals surface area contributed by atoms with Gasteiger partial charge in [0, 0.05) is 5.02 Å². The second kappa shape index (κ2) is 6.44. The average molecular weight is 350 g/mol. The summed E-state index contributed by atoms with van der Waals surface area (Å²) >= 11 is 5.84. The molecule has 1 aromatic heterocycles. The van der Waals surface area contributed by atoms with Gasteiger partial charge in [0.2, 0.25) is 10.0 Å². The Morgan fingerprint density at radius 1 is 1.36 bits per heavy atom. The molecule has 0 fully saturated rings. The highest BCUT2D eigenvalue weighted by molar-refractivity contribution is 7.92. The molecule has 0 radical (unpaired) electrons. The lowest BCUT2D eigenvalue weighted by molar-refractivity contribution is 0.427. The fourth-order valence-corrected chi connectivity index (χ4v) is 2.48. The lowest BCUT2D eigenvalue weighted by atomic mass is 10.3. The molecule has 2 rings (SSSR count). The first-order chi connectivity index (χ1) is 10.3. The molecule has 0 aliphatic heterocycles. The lowest BCUT2D eigenvalue weighted by Gasteiger charge is -2.09. The summed E-state index contributed by atoms with van der Waals surface area (Å²) in [6.07, 6.45) is 1.10. The third-order valence-electron chi connectivity index (χ3n) is 2.63. The highest BCUT2D eigenvalue weighted by atomic mass is 35.5. The zero-order valence-electron chi connectivity index (χ0n) is 11.5. The molecule has 0 spiro atoms. The second-order valence-corrected chi connectivity index (χ2v) is 6.66. The normalized spacial score (nSPS) is 11.6. The van der Waals surface area contributed by atoms with Crippen molar-refractivity contribution in [2.24, 2.45) is 0 Å². The van der Waals surface area contributed by atoms with Crippen molar-refractivity contribution >= 4 is 27.3 Å². The van der Waals surface area contributed by atoms with Gasteiger partial charge in [-0.15, -0.1) is 0 Å². The van der Waals surface area contributed by atoms with E-state index in [1.54, 1.807) is 0 Å². The van der Waals surface area contributed by atoms with Gasteiger partial charge in [-0.3, -0.25) is 9.11 Å². The van der Waals surface area contributed by atoms with E-state index >= 15 is 0 Å². The highest BCUT2D eigenvalue weighted by Crippen LogP contribution is 2.23. The number of aryl methyl sites for hydroxylation is 1. The molecule has 22 heavy (non-hydrogen) atoms. The molecule has 0 aliphatic carbocycles. The van der Waals surface area contributed by atoms with Crippen molar-refractivity contribution < 1.29 is 12.8 Å². The first-order valence-electron chi connectivity index (χ1n) is 6.18. The number of alkyl halides is 1. The topological polar surface area (TPSA) is 98.9 Å². The van der Waals surface area contributed by atoms with Crippen molar-refractivity contribution in [1.29, 1.82) is 0 Å². The molecule has 0 bridgehead atoms. The number of sulfonamides is 1. The Bertz CT molecular complexity index is 832. The van der Waals surface area contributed by atoms with Gasteiger partial charge >= 0.3 is 5.69 Å². The number of hydrogen-bond donors (Lipinski definition) is 1. The van der Waals surface area contributed by atoms with Gasteiger partial charge in [-0.1, -0.05) is 11.6 Å². The highest BCUT2D eigenvalue weighted by Gasteiger charge is 2.15. The van der Waals surface area contributed by atoms with E-state index in [0.717, 1.165) is 15.6 Å². The summed E-state index contributed by atoms with van der Waals surface area (Å²) in [6, 6.07) is 4.27. The molecule has 1 heterocycles. The summed E-state index contributed by atoms with van der Waals surface area (Å²) < 4.78 is 39.2. The van der Waals surface area contributed by atoms with Crippen molar-refractivity contribution in [2.75, 3.05) is 17.7 Å². The van der Waals surface area contributed by atoms with E-state index in [2.05, 4.69) is 15.1 Å². The minimum absolute atomic E-state index is 0.0811. The zero-order chi connectivity index (χ0) is 16.3. The summed E-state index contributed by atoms with van der Waals surface area (Å²) in [7, 11) is -3.57. The number of nitrogens with one attached hydrogen (secondary N) is 1. The minimum atomic E-state index is -3.57. The predicted octanol–water partition coefficient (Wildman–Crippen LogP) is 0.813. The monoisotopic (exact) mass is 349 g/mol. The molecule has 0 atom stereocenters. The van der Waals surface area contributed by atoms with Gasteiger partial charge in [-0.25, -0.2) is 13.2 Å². The lowest BCUT2D eigenvalue weighted by Crippen LogP contribution is -2.25. The fourth-order valence-electron chi connectivity index (χ4n) is 1.75. The van der Waals surface area contributed by atoms with Crippen LogP contribution in [0.15, 0.2) is 23.0 Å². The van der Waals surface area contributed by atoms with Gasteiger partial charge in [-0.2, -0.15) is 9.36 Å². The molecular formula is C11H13ClFN5O3S. The number of aromatic nitrogens is 4. The van der Waals surface area contributed by atoms with Gasteiger partial charge in [-0.05, 0) is 35.0 Å². The van der Waals surface area contributed by atoms with Crippen LogP contribution in [0, 0.1) is 0 Å². The summed E-state index contributed by atoms with van der Waals surface area (Å²) in [5, 5.41) is 7.59. The van der Waals surface area contributed by atoms with Crippen molar-refractivity contribution in [2.45, 2.75) is 13.0 Å². The number of hydrogen-bond acceptors (Lipinski definition) is 5. The number of rotatable bonds is 6. The van der Waals surface area contributed by atoms with Crippen LogP contribution in [-0.4, -0.2) is 41.1 Å². The van der Waals surface area contributed by atoms with Crippen LogP contribution in [0.4, 0.5) is 10.1 Å². The number of anilines is 1. The fraction of sp³-hybridized carbons (Fsp3) is 0.364. The third-order valence-corrected chi connectivity index (χ3v) is 3.45. The maximum Gasteiger partial charge on any atom is 0.368 e. The smallest absolute Gasteiger partial charge is 0.282 e. The Morgan fingerprint density at radius 3 is 2.73 bits per heavy atom. The first kappa shape index (κ1) is 16.4. The van der Waals surface area contributed by atoms with Crippen LogP contribution in [0.25, 0.3) is 5.69 Å². The first-order valence-corrected chi connectivity index (χ1v) is 8.45. The Kier molecular flexibility index (Phi) is 4.81. The number of nitrogens with zero attached hydrogens (tertiary/aromatic N) is 4. The molecule has 0 saturated heterocycles. The number of halogens is 2. The van der Waals surface area contributed by atoms with Gasteiger partial charge in [0.05, 0.1) is 30.8 Å². The average Bonchev–Trinajstić information content (AvgIpc) is 2.76. The number of benzene rings is 1. The van der Waals surface area contributed by atoms with Crippen molar-refractivity contribution in [1.82, 2.24) is 19.8 Å². The minimum Gasteiger partial charge on any atom is -0.282 e. The SMILES string of the molecule is CS(=O)(=O)Nc1cc(Cl)ccc1-n1nnn(CCCF)c1=O. The summed E-state index contributed by atoms with van der Waals surface area (Å²) in [5.74, 6) is 0. The van der Waals surface area contributed by atoms with E-state index in [0.29, 0.717) is 0 Å². The molecule has 1 aromatic carbocycles. The molecule has 0 amide bonds. The predicted molar refractivity (Wildman–Crippen MR) is 79.7 cm³/mol. The van der Waals surface area contributed by atoms with Gasteiger partial charge in [0.15, 0.2) is 0 Å². The van der Waals surface area contributed by atoms with Crippen LogP contribution in [0.2, 0.25) is 5.02 Å². The summed E-state index contributed by atoms with van der Waals surface area (Å²) in [6.45, 7) is -0.501. The number of tetrazole rings is 1. The van der Waals surface area contributed by atoms with E-state index in [-0.39, 0.29) is 29.4 Å². The van der Waals surface area contributed by atoms with Gasteiger partial charge in [0.25, 0.3) is 0 Å². The summed E-state index contributed by atoms with van der Waals surface area (Å²) in [4.78, 5) is 12.1. The van der Waals surface area contributed by atoms with Crippen molar-refractivity contribution in [3.63, 3.8) is 0 Å². The van der Waals surface area contributed by atoms with E-state index < -0.39 is 22.4 Å². The standard InChI is InChI=1S/C11H13ClFN5O3S/c1-22(20,21)14-9-7-8(12)3-4-10(9)18-11(19)17(15-16-18)6-2-5-13/h3-4,7,14H,2,5-6H2,1H3. The largest absolute Gasteiger partial charge is 0.368 e. The van der Waals surface area contributed by atoms with Crippen molar-refractivity contribution in [3.05, 3.63) is 33.7 Å². The Morgan fingerprint density at radius 2 is 2.09 bits per heavy atom. The van der Waals surface area contributed by atoms with E-state index in [1.165, 1.54) is 18.2 Å². The van der Waals surface area contributed by atoms with Gasteiger partial charge < -0.3 is 0 Å². The Balaban J connectivity index is 2.49. The molecule has 0 unspecified atom stereocenters. The summed E-state index contributed by atoms with van der Waals surface area (Å²) in [5.41, 5.74) is -0.340. The van der Waals surface area contributed by atoms with E-state index in [1.807, 2.05) is 0 Å². The van der Waals surface area contributed by atoms with Crippen LogP contribution in [0.5, 0.6) is 0 Å². The van der Waals surface area contributed by atoms with Crippen molar-refractivity contribution in [3.8, 4) is 5.69 Å². The van der Waals surface area contributed by atoms with Crippen LogP contribution in [0.1, 0.15) is 6.42 Å². The molecule has 120 valence electrons. The van der Waals surface area contributed by atoms with Crippen LogP contribution in [0.3, 0.4) is 0 Å². The molecule has 11 heteroatoms. The molecule has 1 N–H and O–H groups in total. The molecule has 2 aromatic rings. The quantitative estimate of drug-likeness (QED) is 0.832. The molecule has 8 nitrogen and oxygen atoms in total. The van der Waals surface area contributed by atoms with Crippen LogP contribution in [-0.2, 0) is 16.6 Å². The third kappa shape index (κ3) is 3.83. The Hall–Kier alpha value is -1.94. The Labute approximate surface area is 130 Å². The van der Waals surface area contributed by atoms with Crippen LogP contribution >= 0.6 is 11.6 Å². The maximum absolute atomic E-state index is 12.2. The molecular weight excluding hydrogens is 337 g/mol. The van der Waals surface area contributed by atoms with E-state index in [4.69, 9.17) is 11.6 Å². The molecule has 0 saturated carbocycles. The maximum atomic E-state index is 12.2. The van der Waals surface area contributed by atoms with E-state index in [9.17, 15) is 17.6 Å². The molecule has 0 aliphatic rings. The van der Waals surface area contributed by atoms with Gasteiger partial charge in [0.1, 0.15) is 0 Å².